The summed E-state index contributed by atoms with van der Waals surface area (Å²) in [4.78, 5) is 0. The van der Waals surface area contributed by atoms with Crippen LogP contribution in [-0.2, 0) is 10.2 Å². The van der Waals surface area contributed by atoms with Crippen molar-refractivity contribution in [3.8, 4) is 0 Å². The summed E-state index contributed by atoms with van der Waals surface area (Å²) < 4.78 is 29.1. The van der Waals surface area contributed by atoms with Crippen LogP contribution in [0.1, 0.15) is 52.4 Å². The van der Waals surface area contributed by atoms with Crippen LogP contribution >= 0.6 is 0 Å². The molecule has 1 aliphatic carbocycles. The Kier molecular flexibility index (Phi) is 6.05. The van der Waals surface area contributed by atoms with Crippen LogP contribution in [0.15, 0.2) is 0 Å². The van der Waals surface area contributed by atoms with Gasteiger partial charge in [-0.2, -0.15) is 12.7 Å². The zero-order valence-electron chi connectivity index (χ0n) is 13.5. The highest BCUT2D eigenvalue weighted by atomic mass is 32.2. The van der Waals surface area contributed by atoms with Gasteiger partial charge in [0.15, 0.2) is 0 Å². The maximum atomic E-state index is 12.3. The fourth-order valence-corrected chi connectivity index (χ4v) is 4.56. The van der Waals surface area contributed by atoms with E-state index in [1.165, 1.54) is 6.42 Å². The topological polar surface area (TPSA) is 61.4 Å². The fourth-order valence-electron chi connectivity index (χ4n) is 3.15. The van der Waals surface area contributed by atoms with E-state index < -0.39 is 10.2 Å². The van der Waals surface area contributed by atoms with E-state index >= 15 is 0 Å². The van der Waals surface area contributed by atoms with Crippen molar-refractivity contribution >= 4 is 10.2 Å². The molecule has 0 unspecified atom stereocenters. The molecule has 0 aromatic rings. The van der Waals surface area contributed by atoms with Crippen LogP contribution in [0.3, 0.4) is 0 Å². The van der Waals surface area contributed by atoms with E-state index in [9.17, 15) is 8.42 Å². The minimum absolute atomic E-state index is 0.190. The largest absolute Gasteiger partial charge is 0.316 e. The fraction of sp³-hybridized carbons (Fsp3) is 1.00. The Morgan fingerprint density at radius 1 is 1.24 bits per heavy atom. The normalized spacial score (nSPS) is 23.9. The van der Waals surface area contributed by atoms with Gasteiger partial charge in [-0.1, -0.05) is 20.3 Å². The predicted molar refractivity (Wildman–Crippen MR) is 86.3 cm³/mol. The average molecular weight is 317 g/mol. The summed E-state index contributed by atoms with van der Waals surface area (Å²) in [6.45, 7) is 8.31. The van der Waals surface area contributed by atoms with E-state index in [1.807, 2.05) is 0 Å². The SMILES string of the molecule is CCCNCC1CCN(S(=O)(=O)NCC2(C)CCC2)CC1. The number of hydrogen-bond acceptors (Lipinski definition) is 3. The molecule has 0 bridgehead atoms. The Morgan fingerprint density at radius 3 is 2.43 bits per heavy atom. The van der Waals surface area contributed by atoms with Crippen LogP contribution in [-0.4, -0.2) is 45.4 Å². The second-order valence-electron chi connectivity index (χ2n) is 7.04. The van der Waals surface area contributed by atoms with Gasteiger partial charge in [0.1, 0.15) is 0 Å². The minimum atomic E-state index is -3.28. The quantitative estimate of drug-likeness (QED) is 0.670. The van der Waals surface area contributed by atoms with Crippen molar-refractivity contribution in [2.45, 2.75) is 52.4 Å². The van der Waals surface area contributed by atoms with Crippen LogP contribution in [0.4, 0.5) is 0 Å². The molecule has 2 rings (SSSR count). The first-order valence-electron chi connectivity index (χ1n) is 8.41. The Hall–Kier alpha value is -0.170. The van der Waals surface area contributed by atoms with Crippen LogP contribution in [0.2, 0.25) is 0 Å². The molecule has 124 valence electrons. The number of nitrogens with zero attached hydrogens (tertiary/aromatic N) is 1. The molecule has 0 radical (unpaired) electrons. The van der Waals surface area contributed by atoms with Gasteiger partial charge in [-0.3, -0.25) is 0 Å². The van der Waals surface area contributed by atoms with Gasteiger partial charge >= 0.3 is 0 Å². The highest BCUT2D eigenvalue weighted by molar-refractivity contribution is 7.87. The molecule has 0 aromatic carbocycles. The lowest BCUT2D eigenvalue weighted by molar-refractivity contribution is 0.164. The molecule has 21 heavy (non-hydrogen) atoms. The van der Waals surface area contributed by atoms with Crippen molar-refractivity contribution < 1.29 is 8.42 Å². The number of hydrogen-bond donors (Lipinski definition) is 2. The van der Waals surface area contributed by atoms with Gasteiger partial charge in [0.2, 0.25) is 0 Å². The molecule has 1 saturated carbocycles. The molecular weight excluding hydrogens is 286 g/mol. The maximum Gasteiger partial charge on any atom is 0.279 e. The molecule has 2 fully saturated rings. The van der Waals surface area contributed by atoms with Crippen molar-refractivity contribution in [1.82, 2.24) is 14.3 Å². The number of piperidine rings is 1. The Morgan fingerprint density at radius 2 is 1.90 bits per heavy atom. The molecule has 0 amide bonds. The predicted octanol–water partition coefficient (Wildman–Crippen LogP) is 1.72. The summed E-state index contributed by atoms with van der Waals surface area (Å²) in [5, 5.41) is 3.44. The van der Waals surface area contributed by atoms with Gasteiger partial charge in [-0.05, 0) is 56.5 Å². The van der Waals surface area contributed by atoms with E-state index in [0.717, 1.165) is 45.2 Å². The second-order valence-corrected chi connectivity index (χ2v) is 8.79. The standard InChI is InChI=1S/C15H31N3O2S/c1-3-9-16-12-14-5-10-18(11-6-14)21(19,20)17-13-15(2)7-4-8-15/h14,16-17H,3-13H2,1-2H3. The van der Waals surface area contributed by atoms with Crippen LogP contribution in [0.25, 0.3) is 0 Å². The van der Waals surface area contributed by atoms with E-state index in [2.05, 4.69) is 23.9 Å². The zero-order chi connectivity index (χ0) is 15.3. The number of rotatable bonds is 8. The van der Waals surface area contributed by atoms with Gasteiger partial charge in [0, 0.05) is 19.6 Å². The van der Waals surface area contributed by atoms with E-state index in [1.54, 1.807) is 4.31 Å². The maximum absolute atomic E-state index is 12.3. The van der Waals surface area contributed by atoms with Crippen LogP contribution < -0.4 is 10.0 Å². The van der Waals surface area contributed by atoms with Crippen LogP contribution in [0.5, 0.6) is 0 Å². The molecule has 2 aliphatic rings. The molecule has 1 aliphatic heterocycles. The summed E-state index contributed by atoms with van der Waals surface area (Å²) >= 11 is 0. The molecular formula is C15H31N3O2S. The van der Waals surface area contributed by atoms with Crippen molar-refractivity contribution in [2.24, 2.45) is 11.3 Å². The lowest BCUT2D eigenvalue weighted by atomic mass is 9.71. The molecule has 0 atom stereocenters. The van der Waals surface area contributed by atoms with Gasteiger partial charge in [0.05, 0.1) is 0 Å². The third-order valence-corrected chi connectivity index (χ3v) is 6.57. The Balaban J connectivity index is 1.72. The lowest BCUT2D eigenvalue weighted by Crippen LogP contribution is -2.49. The van der Waals surface area contributed by atoms with Crippen molar-refractivity contribution in [2.75, 3.05) is 32.7 Å². The van der Waals surface area contributed by atoms with E-state index in [4.69, 9.17) is 0 Å². The van der Waals surface area contributed by atoms with Crippen molar-refractivity contribution in [3.63, 3.8) is 0 Å². The first-order valence-corrected chi connectivity index (χ1v) is 9.85. The number of nitrogens with one attached hydrogen (secondary N) is 2. The van der Waals surface area contributed by atoms with Gasteiger partial charge in [-0.25, -0.2) is 4.72 Å². The Labute approximate surface area is 130 Å². The Bertz CT molecular complexity index is 413. The minimum Gasteiger partial charge on any atom is -0.316 e. The molecule has 0 spiro atoms. The van der Waals surface area contributed by atoms with E-state index in [-0.39, 0.29) is 5.41 Å². The first kappa shape index (κ1) is 17.2. The van der Waals surface area contributed by atoms with Crippen molar-refractivity contribution in [1.29, 1.82) is 0 Å². The van der Waals surface area contributed by atoms with Gasteiger partial charge in [0.25, 0.3) is 10.2 Å². The first-order chi connectivity index (χ1) is 9.95. The third kappa shape index (κ3) is 4.91. The molecule has 1 heterocycles. The second kappa shape index (κ2) is 7.40. The molecule has 1 saturated heterocycles. The summed E-state index contributed by atoms with van der Waals surface area (Å²) in [5.74, 6) is 0.618. The van der Waals surface area contributed by atoms with Crippen molar-refractivity contribution in [3.05, 3.63) is 0 Å². The smallest absolute Gasteiger partial charge is 0.279 e. The molecule has 5 nitrogen and oxygen atoms in total. The molecule has 6 heteroatoms. The van der Waals surface area contributed by atoms with E-state index in [0.29, 0.717) is 25.6 Å². The summed E-state index contributed by atoms with van der Waals surface area (Å²) in [6, 6.07) is 0. The summed E-state index contributed by atoms with van der Waals surface area (Å²) in [7, 11) is -3.28. The summed E-state index contributed by atoms with van der Waals surface area (Å²) in [6.07, 6.45) is 6.59. The molecule has 0 aromatic heterocycles. The third-order valence-electron chi connectivity index (χ3n) is 5.02. The zero-order valence-corrected chi connectivity index (χ0v) is 14.3. The molecule has 2 N–H and O–H groups in total. The van der Waals surface area contributed by atoms with Crippen LogP contribution in [0, 0.1) is 11.3 Å². The van der Waals surface area contributed by atoms with Gasteiger partial charge in [-0.15, -0.1) is 0 Å². The monoisotopic (exact) mass is 317 g/mol. The average Bonchev–Trinajstić information content (AvgIpc) is 2.44. The lowest BCUT2D eigenvalue weighted by Gasteiger charge is -2.39. The van der Waals surface area contributed by atoms with Gasteiger partial charge < -0.3 is 5.32 Å². The highest BCUT2D eigenvalue weighted by Crippen LogP contribution is 2.39. The highest BCUT2D eigenvalue weighted by Gasteiger charge is 2.34. The summed E-state index contributed by atoms with van der Waals surface area (Å²) in [5.41, 5.74) is 0.190.